The highest BCUT2D eigenvalue weighted by Crippen LogP contribution is 2.27. The fraction of sp³-hybridized carbons (Fsp3) is 0.182. The van der Waals surface area contributed by atoms with Crippen molar-refractivity contribution in [3.8, 4) is 6.07 Å². The van der Waals surface area contributed by atoms with Crippen molar-refractivity contribution < 1.29 is 4.39 Å². The predicted octanol–water partition coefficient (Wildman–Crippen LogP) is 3.47. The molecule has 70 valence electrons. The average molecular weight is 205 g/mol. The molecule has 0 amide bonds. The highest BCUT2D eigenvalue weighted by Gasteiger charge is 2.06. The van der Waals surface area contributed by atoms with Crippen LogP contribution in [0.1, 0.15) is 18.1 Å². The molecule has 1 nitrogen and oxygen atoms in total. The number of benzene rings is 1. The van der Waals surface area contributed by atoms with Gasteiger partial charge in [-0.1, -0.05) is 6.92 Å². The smallest absolute Gasteiger partial charge is 0.177 e. The van der Waals surface area contributed by atoms with Gasteiger partial charge in [-0.25, -0.2) is 0 Å². The van der Waals surface area contributed by atoms with Gasteiger partial charge in [0, 0.05) is 4.70 Å². The Morgan fingerprint density at radius 1 is 1.43 bits per heavy atom. The van der Waals surface area contributed by atoms with Crippen molar-refractivity contribution in [2.24, 2.45) is 0 Å². The van der Waals surface area contributed by atoms with Gasteiger partial charge in [0.25, 0.3) is 0 Å². The molecule has 14 heavy (non-hydrogen) atoms. The Labute approximate surface area is 85.4 Å². The largest absolute Gasteiger partial charge is 0.195 e. The van der Waals surface area contributed by atoms with Gasteiger partial charge in [0.15, 0.2) is 5.13 Å². The SMILES string of the molecule is CCc1cc2sc(F)cc2cc1C#N. The van der Waals surface area contributed by atoms with E-state index in [9.17, 15) is 4.39 Å². The molecule has 0 saturated carbocycles. The Kier molecular flexibility index (Phi) is 2.22. The molecule has 0 fully saturated rings. The van der Waals surface area contributed by atoms with Crippen LogP contribution in [0.2, 0.25) is 0 Å². The van der Waals surface area contributed by atoms with E-state index in [1.165, 1.54) is 6.07 Å². The maximum absolute atomic E-state index is 12.9. The monoisotopic (exact) mass is 205 g/mol. The summed E-state index contributed by atoms with van der Waals surface area (Å²) in [7, 11) is 0. The molecule has 0 aliphatic rings. The first-order chi connectivity index (χ1) is 6.74. The molecule has 0 unspecified atom stereocenters. The normalized spacial score (nSPS) is 10.4. The molecule has 0 saturated heterocycles. The Morgan fingerprint density at radius 3 is 2.86 bits per heavy atom. The highest BCUT2D eigenvalue weighted by atomic mass is 32.1. The van der Waals surface area contributed by atoms with Crippen LogP contribution in [0, 0.1) is 16.5 Å². The number of hydrogen-bond acceptors (Lipinski definition) is 2. The van der Waals surface area contributed by atoms with Crippen molar-refractivity contribution in [3.05, 3.63) is 34.5 Å². The molecule has 2 aromatic rings. The van der Waals surface area contributed by atoms with E-state index in [0.717, 1.165) is 33.4 Å². The van der Waals surface area contributed by atoms with Gasteiger partial charge in [-0.15, -0.1) is 11.3 Å². The number of nitriles is 1. The van der Waals surface area contributed by atoms with Crippen LogP contribution >= 0.6 is 11.3 Å². The molecular formula is C11H8FNS. The fourth-order valence-electron chi connectivity index (χ4n) is 1.49. The minimum absolute atomic E-state index is 0.197. The number of rotatable bonds is 1. The maximum Gasteiger partial charge on any atom is 0.177 e. The van der Waals surface area contributed by atoms with Gasteiger partial charge in [-0.05, 0) is 35.6 Å². The average Bonchev–Trinajstić information content (AvgIpc) is 2.54. The quantitative estimate of drug-likeness (QED) is 0.699. The second-order valence-corrected chi connectivity index (χ2v) is 4.10. The van der Waals surface area contributed by atoms with E-state index in [1.807, 2.05) is 13.0 Å². The number of nitrogens with zero attached hydrogens (tertiary/aromatic N) is 1. The first kappa shape index (κ1) is 9.17. The summed E-state index contributed by atoms with van der Waals surface area (Å²) in [5.74, 6) is 0. The zero-order valence-electron chi connectivity index (χ0n) is 7.67. The molecule has 0 atom stereocenters. The fourth-order valence-corrected chi connectivity index (χ4v) is 2.33. The molecule has 0 spiro atoms. The molecule has 1 aromatic heterocycles. The minimum atomic E-state index is -0.197. The Morgan fingerprint density at radius 2 is 2.21 bits per heavy atom. The lowest BCUT2D eigenvalue weighted by molar-refractivity contribution is 0.658. The Bertz CT molecular complexity index is 522. The summed E-state index contributed by atoms with van der Waals surface area (Å²) in [6, 6.07) is 7.26. The van der Waals surface area contributed by atoms with Crippen LogP contribution < -0.4 is 0 Å². The van der Waals surface area contributed by atoms with Crippen molar-refractivity contribution in [1.82, 2.24) is 0 Å². The van der Waals surface area contributed by atoms with Gasteiger partial charge < -0.3 is 0 Å². The zero-order valence-corrected chi connectivity index (χ0v) is 8.49. The second-order valence-electron chi connectivity index (χ2n) is 3.06. The van der Waals surface area contributed by atoms with E-state index >= 15 is 0 Å². The zero-order chi connectivity index (χ0) is 10.1. The van der Waals surface area contributed by atoms with Crippen molar-refractivity contribution in [2.45, 2.75) is 13.3 Å². The summed E-state index contributed by atoms with van der Waals surface area (Å²) in [6.07, 6.45) is 0.804. The second kappa shape index (κ2) is 3.39. The van der Waals surface area contributed by atoms with Crippen LogP contribution in [0.5, 0.6) is 0 Å². The summed E-state index contributed by atoms with van der Waals surface area (Å²) in [6.45, 7) is 1.99. The van der Waals surface area contributed by atoms with Crippen molar-refractivity contribution in [2.75, 3.05) is 0 Å². The Hall–Kier alpha value is -1.40. The van der Waals surface area contributed by atoms with Crippen molar-refractivity contribution >= 4 is 21.4 Å². The molecule has 0 aliphatic carbocycles. The molecule has 0 aliphatic heterocycles. The number of thiophene rings is 1. The number of hydrogen-bond donors (Lipinski definition) is 0. The van der Waals surface area contributed by atoms with E-state index in [0.29, 0.717) is 5.56 Å². The van der Waals surface area contributed by atoms with E-state index < -0.39 is 0 Å². The van der Waals surface area contributed by atoms with Crippen LogP contribution in [0.15, 0.2) is 18.2 Å². The van der Waals surface area contributed by atoms with Crippen LogP contribution in [0.4, 0.5) is 4.39 Å². The summed E-state index contributed by atoms with van der Waals surface area (Å²) < 4.78 is 13.8. The van der Waals surface area contributed by atoms with Gasteiger partial charge in [-0.2, -0.15) is 9.65 Å². The van der Waals surface area contributed by atoms with Crippen LogP contribution in [-0.2, 0) is 6.42 Å². The predicted molar refractivity (Wildman–Crippen MR) is 55.9 cm³/mol. The third-order valence-corrected chi connectivity index (χ3v) is 3.10. The van der Waals surface area contributed by atoms with Gasteiger partial charge in [0.05, 0.1) is 11.6 Å². The van der Waals surface area contributed by atoms with E-state index in [2.05, 4.69) is 6.07 Å². The maximum atomic E-state index is 12.9. The molecule has 3 heteroatoms. The standard InChI is InChI=1S/C11H8FNS/c1-2-7-4-10-8(3-9(7)6-13)5-11(12)14-10/h3-5H,2H2,1H3. The molecular weight excluding hydrogens is 197 g/mol. The third-order valence-electron chi connectivity index (χ3n) is 2.21. The van der Waals surface area contributed by atoms with Crippen LogP contribution in [0.3, 0.4) is 0 Å². The van der Waals surface area contributed by atoms with E-state index in [1.54, 1.807) is 6.07 Å². The molecule has 1 heterocycles. The number of aryl methyl sites for hydroxylation is 1. The van der Waals surface area contributed by atoms with Gasteiger partial charge in [-0.3, -0.25) is 0 Å². The van der Waals surface area contributed by atoms with Crippen molar-refractivity contribution in [3.63, 3.8) is 0 Å². The number of fused-ring (bicyclic) bond motifs is 1. The van der Waals surface area contributed by atoms with E-state index in [-0.39, 0.29) is 5.13 Å². The highest BCUT2D eigenvalue weighted by molar-refractivity contribution is 7.17. The lowest BCUT2D eigenvalue weighted by Gasteiger charge is -1.99. The Balaban J connectivity index is 2.76. The third kappa shape index (κ3) is 1.38. The molecule has 0 bridgehead atoms. The van der Waals surface area contributed by atoms with Crippen LogP contribution in [0.25, 0.3) is 10.1 Å². The first-order valence-electron chi connectivity index (χ1n) is 4.36. The summed E-state index contributed by atoms with van der Waals surface area (Å²) >= 11 is 1.12. The topological polar surface area (TPSA) is 23.8 Å². The summed E-state index contributed by atoms with van der Waals surface area (Å²) in [4.78, 5) is 0. The molecule has 2 rings (SSSR count). The molecule has 0 radical (unpaired) electrons. The lowest BCUT2D eigenvalue weighted by Crippen LogP contribution is -1.85. The van der Waals surface area contributed by atoms with Gasteiger partial charge in [0.1, 0.15) is 0 Å². The minimum Gasteiger partial charge on any atom is -0.195 e. The van der Waals surface area contributed by atoms with Crippen LogP contribution in [-0.4, -0.2) is 0 Å². The lowest BCUT2D eigenvalue weighted by atomic mass is 10.0. The number of halogens is 1. The van der Waals surface area contributed by atoms with Gasteiger partial charge >= 0.3 is 0 Å². The summed E-state index contributed by atoms with van der Waals surface area (Å²) in [5, 5.41) is 9.50. The molecule has 0 N–H and O–H groups in total. The summed E-state index contributed by atoms with van der Waals surface area (Å²) in [5.41, 5.74) is 1.64. The van der Waals surface area contributed by atoms with E-state index in [4.69, 9.17) is 5.26 Å². The first-order valence-corrected chi connectivity index (χ1v) is 5.18. The van der Waals surface area contributed by atoms with Gasteiger partial charge in [0.2, 0.25) is 0 Å². The molecule has 1 aromatic carbocycles. The van der Waals surface area contributed by atoms with Crippen molar-refractivity contribution in [1.29, 1.82) is 5.26 Å².